The number of hydrogen-bond acceptors (Lipinski definition) is 2. The molecule has 2 unspecified atom stereocenters. The van der Waals surface area contributed by atoms with Gasteiger partial charge in [-0.05, 0) is 13.0 Å². The van der Waals surface area contributed by atoms with Gasteiger partial charge in [-0.3, -0.25) is 10.1 Å². The van der Waals surface area contributed by atoms with E-state index in [0.717, 1.165) is 0 Å². The van der Waals surface area contributed by atoms with Crippen LogP contribution in [-0.2, 0) is 0 Å². The Morgan fingerprint density at radius 3 is 2.53 bits per heavy atom. The van der Waals surface area contributed by atoms with E-state index in [-0.39, 0.29) is 21.9 Å². The molecular weight excluding hydrogens is 281 g/mol. The average Bonchev–Trinajstić information content (AvgIpc) is 2.16. The summed E-state index contributed by atoms with van der Waals surface area (Å²) in [6, 6.07) is 5.04. The summed E-state index contributed by atoms with van der Waals surface area (Å²) in [4.78, 5) is 10.5. The largest absolute Gasteiger partial charge is 0.274 e. The molecule has 0 aliphatic carbocycles. The van der Waals surface area contributed by atoms with E-state index in [2.05, 4.69) is 15.9 Å². The Balaban J connectivity index is 3.22. The first kappa shape index (κ1) is 12.5. The van der Waals surface area contributed by atoms with Crippen molar-refractivity contribution in [3.05, 3.63) is 38.3 Å². The minimum absolute atomic E-state index is 0.0415. The number of rotatable bonds is 3. The lowest BCUT2D eigenvalue weighted by Crippen LogP contribution is -2.07. The van der Waals surface area contributed by atoms with Gasteiger partial charge >= 0.3 is 0 Å². The fourth-order valence-corrected chi connectivity index (χ4v) is 1.79. The van der Waals surface area contributed by atoms with Gasteiger partial charge in [-0.15, -0.1) is 11.6 Å². The molecule has 1 aromatic carbocycles. The molecule has 0 heterocycles. The molecule has 2 atom stereocenters. The zero-order valence-corrected chi connectivity index (χ0v) is 10.7. The van der Waals surface area contributed by atoms with Gasteiger partial charge in [-0.25, -0.2) is 0 Å². The number of nitrogens with zero attached hydrogens (tertiary/aromatic N) is 1. The van der Waals surface area contributed by atoms with Crippen LogP contribution in [0.4, 0.5) is 5.69 Å². The zero-order valence-electron chi connectivity index (χ0n) is 8.41. The van der Waals surface area contributed by atoms with E-state index in [9.17, 15) is 10.1 Å². The smallest absolute Gasteiger partial charge is 0.258 e. The highest BCUT2D eigenvalue weighted by molar-refractivity contribution is 9.10. The Morgan fingerprint density at radius 2 is 2.07 bits per heavy atom. The molecular formula is C10H11BrClNO2. The van der Waals surface area contributed by atoms with Crippen molar-refractivity contribution in [2.75, 3.05) is 0 Å². The number of alkyl halides is 1. The van der Waals surface area contributed by atoms with Crippen molar-refractivity contribution in [1.82, 2.24) is 0 Å². The van der Waals surface area contributed by atoms with Crippen molar-refractivity contribution in [1.29, 1.82) is 0 Å². The summed E-state index contributed by atoms with van der Waals surface area (Å²) < 4.78 is 0.701. The minimum Gasteiger partial charge on any atom is -0.258 e. The fraction of sp³-hybridized carbons (Fsp3) is 0.400. The molecule has 0 N–H and O–H groups in total. The van der Waals surface area contributed by atoms with Crippen LogP contribution in [0.15, 0.2) is 22.7 Å². The highest BCUT2D eigenvalue weighted by Gasteiger charge is 2.22. The maximum atomic E-state index is 10.8. The molecule has 0 aliphatic rings. The van der Waals surface area contributed by atoms with E-state index in [4.69, 9.17) is 11.6 Å². The van der Waals surface area contributed by atoms with Gasteiger partial charge in [0.05, 0.1) is 4.92 Å². The lowest BCUT2D eigenvalue weighted by Gasteiger charge is -2.14. The summed E-state index contributed by atoms with van der Waals surface area (Å²) in [6.07, 6.45) is 0. The third-order valence-corrected chi connectivity index (χ3v) is 3.24. The third kappa shape index (κ3) is 2.92. The first-order chi connectivity index (χ1) is 6.93. The zero-order chi connectivity index (χ0) is 11.6. The normalized spacial score (nSPS) is 14.7. The summed E-state index contributed by atoms with van der Waals surface area (Å²) in [6.45, 7) is 3.71. The number of benzene rings is 1. The van der Waals surface area contributed by atoms with Gasteiger partial charge in [-0.1, -0.05) is 28.9 Å². The topological polar surface area (TPSA) is 43.1 Å². The average molecular weight is 293 g/mol. The molecule has 15 heavy (non-hydrogen) atoms. The minimum atomic E-state index is -0.379. The maximum Gasteiger partial charge on any atom is 0.274 e. The number of nitro benzene ring substituents is 1. The van der Waals surface area contributed by atoms with E-state index >= 15 is 0 Å². The Hall–Kier alpha value is -0.610. The highest BCUT2D eigenvalue weighted by Crippen LogP contribution is 2.32. The number of hydrogen-bond donors (Lipinski definition) is 0. The van der Waals surface area contributed by atoms with Gasteiger partial charge in [0, 0.05) is 27.4 Å². The lowest BCUT2D eigenvalue weighted by molar-refractivity contribution is -0.385. The molecule has 0 saturated carbocycles. The Morgan fingerprint density at radius 1 is 1.47 bits per heavy atom. The van der Waals surface area contributed by atoms with Crippen LogP contribution in [0.1, 0.15) is 25.3 Å². The number of nitro groups is 1. The van der Waals surface area contributed by atoms with Crippen LogP contribution in [0.2, 0.25) is 0 Å². The van der Waals surface area contributed by atoms with Crippen molar-refractivity contribution >= 4 is 33.2 Å². The predicted molar refractivity (Wildman–Crippen MR) is 64.5 cm³/mol. The van der Waals surface area contributed by atoms with Crippen molar-refractivity contribution < 1.29 is 4.92 Å². The molecule has 0 saturated heterocycles. The first-order valence-electron chi connectivity index (χ1n) is 4.51. The second kappa shape index (κ2) is 4.94. The van der Waals surface area contributed by atoms with Crippen LogP contribution in [0.3, 0.4) is 0 Å². The summed E-state index contributed by atoms with van der Waals surface area (Å²) in [7, 11) is 0. The molecule has 1 rings (SSSR count). The third-order valence-electron chi connectivity index (χ3n) is 2.37. The Labute approximate surface area is 102 Å². The molecule has 3 nitrogen and oxygen atoms in total. The SMILES string of the molecule is CC(Cl)C(C)c1ccc(Br)cc1[N+](=O)[O-]. The summed E-state index contributed by atoms with van der Waals surface area (Å²) >= 11 is 9.16. The quantitative estimate of drug-likeness (QED) is 0.478. The second-order valence-electron chi connectivity index (χ2n) is 3.43. The predicted octanol–water partition coefficient (Wildman–Crippen LogP) is 4.09. The highest BCUT2D eigenvalue weighted by atomic mass is 79.9. The standard InChI is InChI=1S/C10H11BrClNO2/c1-6(7(2)12)9-4-3-8(11)5-10(9)13(14)15/h3-7H,1-2H3. The molecule has 82 valence electrons. The fourth-order valence-electron chi connectivity index (χ4n) is 1.31. The van der Waals surface area contributed by atoms with Gasteiger partial charge in [-0.2, -0.15) is 0 Å². The van der Waals surface area contributed by atoms with Gasteiger partial charge in [0.2, 0.25) is 0 Å². The van der Waals surface area contributed by atoms with Gasteiger partial charge in [0.1, 0.15) is 0 Å². The van der Waals surface area contributed by atoms with Crippen LogP contribution >= 0.6 is 27.5 Å². The molecule has 0 amide bonds. The van der Waals surface area contributed by atoms with Crippen molar-refractivity contribution in [2.24, 2.45) is 0 Å². The molecule has 0 fully saturated rings. The van der Waals surface area contributed by atoms with Crippen molar-refractivity contribution in [2.45, 2.75) is 25.1 Å². The van der Waals surface area contributed by atoms with Crippen molar-refractivity contribution in [3.63, 3.8) is 0 Å². The first-order valence-corrected chi connectivity index (χ1v) is 5.74. The molecule has 5 heteroatoms. The molecule has 0 aliphatic heterocycles. The molecule has 0 radical (unpaired) electrons. The van der Waals surface area contributed by atoms with E-state index in [1.807, 2.05) is 13.8 Å². The summed E-state index contributed by atoms with van der Waals surface area (Å²) in [5.41, 5.74) is 0.787. The van der Waals surface area contributed by atoms with Crippen LogP contribution in [0.25, 0.3) is 0 Å². The van der Waals surface area contributed by atoms with Crippen LogP contribution in [0, 0.1) is 10.1 Å². The van der Waals surface area contributed by atoms with E-state index in [1.165, 1.54) is 6.07 Å². The Kier molecular flexibility index (Phi) is 4.11. The van der Waals surface area contributed by atoms with Crippen molar-refractivity contribution in [3.8, 4) is 0 Å². The number of halogens is 2. The van der Waals surface area contributed by atoms with E-state index in [0.29, 0.717) is 10.0 Å². The van der Waals surface area contributed by atoms with Gasteiger partial charge in [0.25, 0.3) is 5.69 Å². The van der Waals surface area contributed by atoms with Gasteiger partial charge in [0.15, 0.2) is 0 Å². The summed E-state index contributed by atoms with van der Waals surface area (Å²) in [5.74, 6) is -0.0415. The van der Waals surface area contributed by atoms with E-state index < -0.39 is 0 Å². The lowest BCUT2D eigenvalue weighted by atomic mass is 9.97. The molecule has 0 aromatic heterocycles. The molecule has 1 aromatic rings. The van der Waals surface area contributed by atoms with Gasteiger partial charge < -0.3 is 0 Å². The van der Waals surface area contributed by atoms with E-state index in [1.54, 1.807) is 12.1 Å². The maximum absolute atomic E-state index is 10.8. The molecule has 0 bridgehead atoms. The van der Waals surface area contributed by atoms with Crippen LogP contribution in [0.5, 0.6) is 0 Å². The van der Waals surface area contributed by atoms with Crippen LogP contribution < -0.4 is 0 Å². The Bertz CT molecular complexity index is 382. The summed E-state index contributed by atoms with van der Waals surface area (Å²) in [5, 5.41) is 10.7. The second-order valence-corrected chi connectivity index (χ2v) is 5.03. The monoisotopic (exact) mass is 291 g/mol. The van der Waals surface area contributed by atoms with Crippen LogP contribution in [-0.4, -0.2) is 10.3 Å². The molecule has 0 spiro atoms.